The number of hydrogen-bond acceptors (Lipinski definition) is 6. The number of aliphatic hydroxyl groups excluding tert-OH is 1. The SMILES string of the molecule is COc1cc(NC(O)c2nnn3c2CCCC3c2ccc(Cl)cc2)ccc1-n1cnc(C)c1. The molecular formula is C24H25ClN6O2. The van der Waals surface area contributed by atoms with Crippen molar-refractivity contribution in [2.45, 2.75) is 38.5 Å². The second-order valence-corrected chi connectivity index (χ2v) is 8.62. The lowest BCUT2D eigenvalue weighted by molar-refractivity contribution is 0.201. The maximum absolute atomic E-state index is 11.0. The third-order valence-electron chi connectivity index (χ3n) is 5.99. The van der Waals surface area contributed by atoms with Gasteiger partial charge in [-0.3, -0.25) is 0 Å². The van der Waals surface area contributed by atoms with E-state index in [0.717, 1.165) is 41.9 Å². The van der Waals surface area contributed by atoms with Gasteiger partial charge in [-0.1, -0.05) is 28.9 Å². The van der Waals surface area contributed by atoms with Crippen LogP contribution in [-0.4, -0.2) is 36.8 Å². The van der Waals surface area contributed by atoms with Gasteiger partial charge in [-0.2, -0.15) is 0 Å². The van der Waals surface area contributed by atoms with Crippen LogP contribution in [0.2, 0.25) is 5.02 Å². The van der Waals surface area contributed by atoms with Gasteiger partial charge in [0, 0.05) is 23.0 Å². The smallest absolute Gasteiger partial charge is 0.171 e. The molecule has 2 aromatic carbocycles. The standard InChI is InChI=1S/C24H25ClN6O2/c1-15-13-30(14-26-15)20-11-10-18(12-22(20)33-2)27-24(32)23-21-5-3-4-19(31(21)29-28-23)16-6-8-17(25)9-7-16/h6-14,19,24,27,32H,3-5H2,1-2H3. The molecule has 33 heavy (non-hydrogen) atoms. The number of aryl methyl sites for hydroxylation is 1. The Morgan fingerprint density at radius 1 is 1.21 bits per heavy atom. The fourth-order valence-corrected chi connectivity index (χ4v) is 4.49. The summed E-state index contributed by atoms with van der Waals surface area (Å²) in [5.74, 6) is 0.664. The lowest BCUT2D eigenvalue weighted by Crippen LogP contribution is -2.21. The van der Waals surface area contributed by atoms with Crippen LogP contribution in [0.5, 0.6) is 5.75 Å². The van der Waals surface area contributed by atoms with Gasteiger partial charge in [0.1, 0.15) is 11.4 Å². The number of aliphatic hydroxyl groups is 1. The van der Waals surface area contributed by atoms with Crippen molar-refractivity contribution in [3.63, 3.8) is 0 Å². The molecule has 2 N–H and O–H groups in total. The molecule has 0 amide bonds. The summed E-state index contributed by atoms with van der Waals surface area (Å²) in [7, 11) is 1.62. The van der Waals surface area contributed by atoms with Gasteiger partial charge in [0.25, 0.3) is 0 Å². The Hall–Kier alpha value is -3.36. The van der Waals surface area contributed by atoms with E-state index in [4.69, 9.17) is 16.3 Å². The molecule has 0 saturated carbocycles. The van der Waals surface area contributed by atoms with Crippen molar-refractivity contribution < 1.29 is 9.84 Å². The molecule has 170 valence electrons. The highest BCUT2D eigenvalue weighted by atomic mass is 35.5. The fraction of sp³-hybridized carbons (Fsp3) is 0.292. The van der Waals surface area contributed by atoms with E-state index in [1.807, 2.05) is 64.8 Å². The normalized spacial score (nSPS) is 16.3. The van der Waals surface area contributed by atoms with Crippen LogP contribution in [0.25, 0.3) is 5.69 Å². The van der Waals surface area contributed by atoms with Gasteiger partial charge in [-0.25, -0.2) is 9.67 Å². The first-order valence-electron chi connectivity index (χ1n) is 10.9. The summed E-state index contributed by atoms with van der Waals surface area (Å²) < 4.78 is 9.40. The number of aromatic nitrogens is 5. The number of halogens is 1. The fourth-order valence-electron chi connectivity index (χ4n) is 4.37. The summed E-state index contributed by atoms with van der Waals surface area (Å²) in [6, 6.07) is 13.6. The van der Waals surface area contributed by atoms with Gasteiger partial charge in [-0.05, 0) is 56.0 Å². The number of ether oxygens (including phenoxy) is 1. The number of imidazole rings is 1. The molecule has 0 radical (unpaired) electrons. The maximum atomic E-state index is 11.0. The van der Waals surface area contributed by atoms with E-state index in [2.05, 4.69) is 20.6 Å². The van der Waals surface area contributed by atoms with Crippen molar-refractivity contribution in [2.75, 3.05) is 12.4 Å². The largest absolute Gasteiger partial charge is 0.494 e. The molecule has 1 aliphatic rings. The van der Waals surface area contributed by atoms with E-state index in [0.29, 0.717) is 22.2 Å². The number of benzene rings is 2. The number of hydrogen-bond donors (Lipinski definition) is 2. The molecule has 0 aliphatic carbocycles. The highest BCUT2D eigenvalue weighted by Gasteiger charge is 2.28. The summed E-state index contributed by atoms with van der Waals surface area (Å²) in [4.78, 5) is 4.27. The van der Waals surface area contributed by atoms with Gasteiger partial charge in [-0.15, -0.1) is 5.10 Å². The van der Waals surface area contributed by atoms with Crippen LogP contribution in [0, 0.1) is 6.92 Å². The average molecular weight is 465 g/mol. The van der Waals surface area contributed by atoms with E-state index in [-0.39, 0.29) is 6.04 Å². The lowest BCUT2D eigenvalue weighted by atomic mass is 9.96. The summed E-state index contributed by atoms with van der Waals surface area (Å²) >= 11 is 6.05. The molecule has 9 heteroatoms. The highest BCUT2D eigenvalue weighted by molar-refractivity contribution is 6.30. The van der Waals surface area contributed by atoms with Gasteiger partial charge >= 0.3 is 0 Å². The van der Waals surface area contributed by atoms with E-state index in [1.54, 1.807) is 13.4 Å². The topological polar surface area (TPSA) is 90.0 Å². The second-order valence-electron chi connectivity index (χ2n) is 8.18. The molecule has 3 heterocycles. The first-order chi connectivity index (χ1) is 16.0. The molecular weight excluding hydrogens is 440 g/mol. The van der Waals surface area contributed by atoms with E-state index in [9.17, 15) is 5.11 Å². The number of rotatable bonds is 6. The van der Waals surface area contributed by atoms with Crippen LogP contribution in [0.15, 0.2) is 55.0 Å². The zero-order valence-corrected chi connectivity index (χ0v) is 19.2. The number of anilines is 1. The molecule has 4 aromatic rings. The van der Waals surface area contributed by atoms with Crippen LogP contribution in [-0.2, 0) is 6.42 Å². The quantitative estimate of drug-likeness (QED) is 0.409. The molecule has 5 rings (SSSR count). The van der Waals surface area contributed by atoms with Gasteiger partial charge in [0.2, 0.25) is 0 Å². The summed E-state index contributed by atoms with van der Waals surface area (Å²) in [5, 5.41) is 23.5. The van der Waals surface area contributed by atoms with Crippen LogP contribution in [0.4, 0.5) is 5.69 Å². The molecule has 0 fully saturated rings. The van der Waals surface area contributed by atoms with Gasteiger partial charge in [0.05, 0.1) is 36.6 Å². The molecule has 2 aromatic heterocycles. The Morgan fingerprint density at radius 2 is 2.03 bits per heavy atom. The minimum Gasteiger partial charge on any atom is -0.494 e. The molecule has 0 bridgehead atoms. The first-order valence-corrected chi connectivity index (χ1v) is 11.2. The van der Waals surface area contributed by atoms with Crippen molar-refractivity contribution in [1.82, 2.24) is 24.5 Å². The van der Waals surface area contributed by atoms with Crippen molar-refractivity contribution in [1.29, 1.82) is 0 Å². The van der Waals surface area contributed by atoms with Crippen LogP contribution >= 0.6 is 11.6 Å². The van der Waals surface area contributed by atoms with Crippen molar-refractivity contribution >= 4 is 17.3 Å². The number of fused-ring (bicyclic) bond motifs is 1. The number of methoxy groups -OCH3 is 1. The van der Waals surface area contributed by atoms with Crippen molar-refractivity contribution in [2.24, 2.45) is 0 Å². The first kappa shape index (κ1) is 21.5. The minimum absolute atomic E-state index is 0.0810. The van der Waals surface area contributed by atoms with E-state index in [1.165, 1.54) is 0 Å². The Bertz CT molecular complexity index is 1270. The Kier molecular flexibility index (Phi) is 5.78. The van der Waals surface area contributed by atoms with Gasteiger partial charge in [0.15, 0.2) is 6.23 Å². The summed E-state index contributed by atoms with van der Waals surface area (Å²) in [5.41, 5.74) is 5.12. The van der Waals surface area contributed by atoms with E-state index < -0.39 is 6.23 Å². The van der Waals surface area contributed by atoms with Crippen molar-refractivity contribution in [3.05, 3.63) is 82.7 Å². The number of nitrogens with one attached hydrogen (secondary N) is 1. The van der Waals surface area contributed by atoms with E-state index >= 15 is 0 Å². The molecule has 8 nitrogen and oxygen atoms in total. The molecule has 2 atom stereocenters. The third-order valence-corrected chi connectivity index (χ3v) is 6.25. The molecule has 0 saturated heterocycles. The molecule has 0 spiro atoms. The Labute approximate surface area is 196 Å². The molecule has 1 aliphatic heterocycles. The second kappa shape index (κ2) is 8.88. The minimum atomic E-state index is -0.997. The van der Waals surface area contributed by atoms with Gasteiger partial charge < -0.3 is 19.7 Å². The van der Waals surface area contributed by atoms with Crippen LogP contribution in [0.3, 0.4) is 0 Å². The lowest BCUT2D eigenvalue weighted by Gasteiger charge is -2.25. The summed E-state index contributed by atoms with van der Waals surface area (Å²) in [6.45, 7) is 1.94. The van der Waals surface area contributed by atoms with Crippen molar-refractivity contribution in [3.8, 4) is 11.4 Å². The summed E-state index contributed by atoms with van der Waals surface area (Å²) in [6.07, 6.45) is 5.45. The number of nitrogens with zero attached hydrogens (tertiary/aromatic N) is 5. The predicted molar refractivity (Wildman–Crippen MR) is 126 cm³/mol. The van der Waals surface area contributed by atoms with Crippen LogP contribution in [0.1, 0.15) is 47.8 Å². The Balaban J connectivity index is 1.39. The monoisotopic (exact) mass is 464 g/mol. The predicted octanol–water partition coefficient (Wildman–Crippen LogP) is 4.46. The average Bonchev–Trinajstić information content (AvgIpc) is 3.46. The zero-order valence-electron chi connectivity index (χ0n) is 18.4. The third kappa shape index (κ3) is 4.19. The molecule has 2 unspecified atom stereocenters. The Morgan fingerprint density at radius 3 is 2.76 bits per heavy atom. The zero-order chi connectivity index (χ0) is 22.9. The highest BCUT2D eigenvalue weighted by Crippen LogP contribution is 2.34. The van der Waals surface area contributed by atoms with Crippen LogP contribution < -0.4 is 10.1 Å². The maximum Gasteiger partial charge on any atom is 0.171 e.